The molecule has 0 bridgehead atoms. The quantitative estimate of drug-likeness (QED) is 0.407. The Morgan fingerprint density at radius 2 is 1.24 bits per heavy atom. The topological polar surface area (TPSA) is 0 Å². The van der Waals surface area contributed by atoms with Crippen molar-refractivity contribution < 1.29 is 47.2 Å². The summed E-state index contributed by atoms with van der Waals surface area (Å²) in [7, 11) is 0. The third-order valence-corrected chi connectivity index (χ3v) is 2.29. The summed E-state index contributed by atoms with van der Waals surface area (Å²) in [6, 6.07) is 0. The van der Waals surface area contributed by atoms with Crippen molar-refractivity contribution in [2.45, 2.75) is 39.5 Å². The second-order valence-electron chi connectivity index (χ2n) is 3.32. The first kappa shape index (κ1) is 22.5. The van der Waals surface area contributed by atoms with Crippen molar-refractivity contribution in [3.8, 4) is 0 Å². The molecule has 0 spiro atoms. The van der Waals surface area contributed by atoms with E-state index in [0.29, 0.717) is 0 Å². The predicted molar refractivity (Wildman–Crippen MR) is 61.6 cm³/mol. The third-order valence-electron chi connectivity index (χ3n) is 2.29. The summed E-state index contributed by atoms with van der Waals surface area (Å²) >= 11 is 0. The molecule has 0 atom stereocenters. The molecule has 0 N–H and O–H groups in total. The maximum absolute atomic E-state index is 3.21. The molecule has 2 rings (SSSR count). The monoisotopic (exact) mass is 349 g/mol. The molecule has 2 aliphatic carbocycles. The van der Waals surface area contributed by atoms with Gasteiger partial charge in [-0.3, -0.25) is 12.2 Å². The Labute approximate surface area is 134 Å². The van der Waals surface area contributed by atoms with Gasteiger partial charge in [-0.1, -0.05) is 26.7 Å². The number of halogens is 2. The predicted octanol–water partition coefficient (Wildman–Crippen LogP) is -1.82. The molecule has 0 amide bonds. The molecule has 95 valence electrons. The summed E-state index contributed by atoms with van der Waals surface area (Å²) in [5.74, 6) is 0. The minimum atomic E-state index is 0. The van der Waals surface area contributed by atoms with Crippen LogP contribution in [0.1, 0.15) is 39.5 Å². The van der Waals surface area contributed by atoms with Crippen molar-refractivity contribution in [1.82, 2.24) is 0 Å². The van der Waals surface area contributed by atoms with Crippen molar-refractivity contribution in [3.63, 3.8) is 0 Å². The molecule has 0 aliphatic heterocycles. The van der Waals surface area contributed by atoms with E-state index in [1.165, 1.54) is 11.1 Å². The molecule has 0 nitrogen and oxygen atoms in total. The molecule has 0 aromatic heterocycles. The first-order valence-electron chi connectivity index (χ1n) is 5.39. The van der Waals surface area contributed by atoms with Crippen LogP contribution in [0.15, 0.2) is 35.5 Å². The van der Waals surface area contributed by atoms with E-state index >= 15 is 0 Å². The molecule has 2 aliphatic rings. The average Bonchev–Trinajstić information content (AvgIpc) is 2.92. The van der Waals surface area contributed by atoms with Gasteiger partial charge in [-0.15, -0.1) is 12.8 Å². The van der Waals surface area contributed by atoms with Gasteiger partial charge in [-0.25, -0.2) is 23.3 Å². The van der Waals surface area contributed by atoms with Gasteiger partial charge < -0.3 is 24.8 Å². The van der Waals surface area contributed by atoms with Crippen molar-refractivity contribution in [2.75, 3.05) is 0 Å². The van der Waals surface area contributed by atoms with Gasteiger partial charge >= 0.3 is 22.4 Å². The zero-order chi connectivity index (χ0) is 10.2. The molecule has 0 unspecified atom stereocenters. The summed E-state index contributed by atoms with van der Waals surface area (Å²) in [5, 5.41) is 0. The molecule has 17 heavy (non-hydrogen) atoms. The Morgan fingerprint density at radius 1 is 0.882 bits per heavy atom. The fourth-order valence-corrected chi connectivity index (χ4v) is 1.39. The molecular formula is C14H18Cl2Nb-2. The van der Waals surface area contributed by atoms with E-state index in [1.807, 2.05) is 0 Å². The number of rotatable bonds is 2. The Morgan fingerprint density at radius 3 is 1.35 bits per heavy atom. The van der Waals surface area contributed by atoms with E-state index < -0.39 is 0 Å². The fourth-order valence-electron chi connectivity index (χ4n) is 1.39. The van der Waals surface area contributed by atoms with Gasteiger partial charge in [0.05, 0.1) is 0 Å². The van der Waals surface area contributed by atoms with Crippen LogP contribution in [0.4, 0.5) is 0 Å². The number of allylic oxidation sites excluding steroid dienone is 8. The Bertz CT molecular complexity index is 259. The summed E-state index contributed by atoms with van der Waals surface area (Å²) in [6.45, 7) is 4.30. The zero-order valence-electron chi connectivity index (χ0n) is 10.3. The van der Waals surface area contributed by atoms with Crippen LogP contribution in [0, 0.1) is 12.2 Å². The van der Waals surface area contributed by atoms with Crippen LogP contribution >= 0.6 is 0 Å². The van der Waals surface area contributed by atoms with E-state index in [9.17, 15) is 0 Å². The number of hydrogen-bond acceptors (Lipinski definition) is 0. The molecule has 0 saturated carbocycles. The van der Waals surface area contributed by atoms with Gasteiger partial charge in [0, 0.05) is 0 Å². The van der Waals surface area contributed by atoms with Crippen LogP contribution in [0.2, 0.25) is 0 Å². The standard InChI is InChI=1S/2C7H9.2ClH.Nb/c2*1-2-7-5-3-4-6-7;;;/h2*3,5H,2,4H2,1H3;2*1H;/q2*-1;;;+2/p-2. The zero-order valence-corrected chi connectivity index (χ0v) is 14.1. The molecule has 0 fully saturated rings. The second kappa shape index (κ2) is 14.3. The Kier molecular flexibility index (Phi) is 18.9. The van der Waals surface area contributed by atoms with E-state index in [-0.39, 0.29) is 47.2 Å². The fraction of sp³-hybridized carbons (Fsp3) is 0.429. The summed E-state index contributed by atoms with van der Waals surface area (Å²) in [5.41, 5.74) is 2.72. The first-order valence-corrected chi connectivity index (χ1v) is 5.39. The van der Waals surface area contributed by atoms with Gasteiger partial charge in [0.15, 0.2) is 0 Å². The van der Waals surface area contributed by atoms with Crippen molar-refractivity contribution in [1.29, 1.82) is 0 Å². The summed E-state index contributed by atoms with van der Waals surface area (Å²) in [4.78, 5) is 0. The van der Waals surface area contributed by atoms with Gasteiger partial charge in [0.2, 0.25) is 0 Å². The molecular weight excluding hydrogens is 332 g/mol. The van der Waals surface area contributed by atoms with Crippen LogP contribution in [-0.4, -0.2) is 0 Å². The Hall–Kier alpha value is 0.280. The van der Waals surface area contributed by atoms with Gasteiger partial charge in [-0.2, -0.15) is 12.2 Å². The molecule has 3 heteroatoms. The van der Waals surface area contributed by atoms with E-state index in [2.05, 4.69) is 50.3 Å². The minimum absolute atomic E-state index is 0. The normalized spacial score (nSPS) is 14.5. The molecule has 0 heterocycles. The number of hydrogen-bond donors (Lipinski definition) is 0. The SMILES string of the molecule is CCC1=[C-]CC=C1.CCC1=[C-]CC=C1.[Cl-].[Cl-].[Nb+2]. The van der Waals surface area contributed by atoms with Gasteiger partial charge in [-0.05, 0) is 0 Å². The summed E-state index contributed by atoms with van der Waals surface area (Å²) in [6.07, 6.45) is 19.3. The molecule has 1 radical (unpaired) electrons. The summed E-state index contributed by atoms with van der Waals surface area (Å²) < 4.78 is 0. The van der Waals surface area contributed by atoms with Crippen LogP contribution < -0.4 is 24.8 Å². The molecule has 0 saturated heterocycles. The van der Waals surface area contributed by atoms with Crippen LogP contribution in [-0.2, 0) is 22.4 Å². The minimum Gasteiger partial charge on any atom is -1.00 e. The third kappa shape index (κ3) is 9.94. The van der Waals surface area contributed by atoms with Crippen LogP contribution in [0.5, 0.6) is 0 Å². The van der Waals surface area contributed by atoms with Crippen LogP contribution in [0.25, 0.3) is 0 Å². The van der Waals surface area contributed by atoms with Crippen molar-refractivity contribution in [3.05, 3.63) is 47.6 Å². The Balaban J connectivity index is -0.000000196. The average molecular weight is 350 g/mol. The molecule has 0 aromatic rings. The second-order valence-corrected chi connectivity index (χ2v) is 3.32. The smallest absolute Gasteiger partial charge is 1.00 e. The first-order chi connectivity index (χ1) is 6.86. The van der Waals surface area contributed by atoms with E-state index in [1.54, 1.807) is 0 Å². The van der Waals surface area contributed by atoms with E-state index in [4.69, 9.17) is 0 Å². The largest absolute Gasteiger partial charge is 2.00 e. The van der Waals surface area contributed by atoms with Crippen molar-refractivity contribution in [2.24, 2.45) is 0 Å². The molecule has 0 aromatic carbocycles. The maximum Gasteiger partial charge on any atom is 2.00 e. The van der Waals surface area contributed by atoms with Gasteiger partial charge in [0.25, 0.3) is 0 Å². The van der Waals surface area contributed by atoms with Gasteiger partial charge in [0.1, 0.15) is 0 Å². The van der Waals surface area contributed by atoms with Crippen LogP contribution in [0.3, 0.4) is 0 Å². The van der Waals surface area contributed by atoms with Crippen molar-refractivity contribution >= 4 is 0 Å². The van der Waals surface area contributed by atoms with E-state index in [0.717, 1.165) is 25.7 Å². The maximum atomic E-state index is 3.21.